The van der Waals surface area contributed by atoms with Crippen molar-refractivity contribution in [3.05, 3.63) is 35.4 Å². The van der Waals surface area contributed by atoms with Crippen LogP contribution in [0.25, 0.3) is 0 Å². The second-order valence-corrected chi connectivity index (χ2v) is 4.58. The van der Waals surface area contributed by atoms with Gasteiger partial charge in [0.05, 0.1) is 51.3 Å². The van der Waals surface area contributed by atoms with Crippen LogP contribution in [-0.2, 0) is 14.2 Å². The van der Waals surface area contributed by atoms with E-state index in [1.165, 1.54) is 19.2 Å². The molecule has 9 nitrogen and oxygen atoms in total. The summed E-state index contributed by atoms with van der Waals surface area (Å²) in [5, 5.41) is 22.8. The summed E-state index contributed by atoms with van der Waals surface area (Å²) in [6.45, 7) is 6.01. The lowest BCUT2D eigenvalue weighted by atomic mass is 10.1. The predicted octanol–water partition coefficient (Wildman–Crippen LogP) is 0.202. The molecule has 1 aliphatic heterocycles. The van der Waals surface area contributed by atoms with Crippen LogP contribution in [0.5, 0.6) is 0 Å². The Morgan fingerprint density at radius 1 is 0.963 bits per heavy atom. The molecule has 1 aromatic carbocycles. The molecule has 0 aliphatic carbocycles. The summed E-state index contributed by atoms with van der Waals surface area (Å²) in [6.07, 6.45) is 0.784. The zero-order valence-electron chi connectivity index (χ0n) is 16.1. The van der Waals surface area contributed by atoms with Crippen LogP contribution in [0.4, 0.5) is 0 Å². The lowest BCUT2D eigenvalue weighted by molar-refractivity contribution is 0.0503. The second-order valence-electron chi connectivity index (χ2n) is 4.58. The summed E-state index contributed by atoms with van der Waals surface area (Å²) in [5.41, 5.74) is 0.843. The highest BCUT2D eigenvalue weighted by molar-refractivity contribution is 5.93. The molecule has 1 heterocycles. The van der Waals surface area contributed by atoms with Crippen molar-refractivity contribution in [3.8, 4) is 0 Å². The summed E-state index contributed by atoms with van der Waals surface area (Å²) in [4.78, 5) is 22.5. The fourth-order valence-electron chi connectivity index (χ4n) is 1.14. The highest BCUT2D eigenvalue weighted by Crippen LogP contribution is 2.07. The number of benzene rings is 1. The normalized spacial score (nSPS) is 10.1. The van der Waals surface area contributed by atoms with Crippen molar-refractivity contribution >= 4 is 11.9 Å². The zero-order chi connectivity index (χ0) is 20.2. The van der Waals surface area contributed by atoms with Crippen molar-refractivity contribution < 1.29 is 44.6 Å². The molecule has 0 spiro atoms. The molecule has 27 heavy (non-hydrogen) atoms. The van der Waals surface area contributed by atoms with Crippen molar-refractivity contribution in [3.63, 3.8) is 0 Å². The van der Waals surface area contributed by atoms with Crippen LogP contribution in [0.15, 0.2) is 24.3 Å². The SMILES string of the molecule is C1CO1.CCCOC(=O)c1ccc(C(=O)OC)cc1.CCO.O.OCCO. The zero-order valence-corrected chi connectivity index (χ0v) is 16.1. The van der Waals surface area contributed by atoms with E-state index in [0.29, 0.717) is 17.7 Å². The van der Waals surface area contributed by atoms with Gasteiger partial charge in [-0.05, 0) is 37.6 Å². The first-order valence-corrected chi connectivity index (χ1v) is 8.28. The van der Waals surface area contributed by atoms with Crippen molar-refractivity contribution in [2.24, 2.45) is 0 Å². The highest BCUT2D eigenvalue weighted by Gasteiger charge is 2.09. The van der Waals surface area contributed by atoms with Crippen LogP contribution in [0.2, 0.25) is 0 Å². The number of carbonyl (C=O) groups is 2. The number of aliphatic hydroxyl groups excluding tert-OH is 3. The van der Waals surface area contributed by atoms with Crippen LogP contribution in [0, 0.1) is 0 Å². The summed E-state index contributed by atoms with van der Waals surface area (Å²) in [5.74, 6) is -0.799. The van der Waals surface area contributed by atoms with E-state index in [-0.39, 0.29) is 31.3 Å². The highest BCUT2D eigenvalue weighted by atomic mass is 16.6. The Bertz CT molecular complexity index is 454. The molecule has 1 aliphatic rings. The second kappa shape index (κ2) is 22.0. The number of epoxide rings is 1. The van der Waals surface area contributed by atoms with Gasteiger partial charge in [0.15, 0.2) is 0 Å². The minimum absolute atomic E-state index is 0. The van der Waals surface area contributed by atoms with Gasteiger partial charge in [0.25, 0.3) is 0 Å². The largest absolute Gasteiger partial charge is 0.465 e. The number of methoxy groups -OCH3 is 1. The van der Waals surface area contributed by atoms with E-state index in [4.69, 9.17) is 20.1 Å². The third-order valence-electron chi connectivity index (χ3n) is 2.28. The number of rotatable bonds is 5. The molecular weight excluding hydrogens is 360 g/mol. The van der Waals surface area contributed by atoms with E-state index in [1.807, 2.05) is 6.92 Å². The van der Waals surface area contributed by atoms with Crippen LogP contribution in [0.1, 0.15) is 41.0 Å². The van der Waals surface area contributed by atoms with Gasteiger partial charge in [-0.25, -0.2) is 9.59 Å². The minimum Gasteiger partial charge on any atom is -0.465 e. The maximum Gasteiger partial charge on any atom is 0.338 e. The molecule has 0 bridgehead atoms. The van der Waals surface area contributed by atoms with Gasteiger partial charge in [-0.15, -0.1) is 0 Å². The van der Waals surface area contributed by atoms with Crippen LogP contribution >= 0.6 is 0 Å². The number of hydrogen-bond acceptors (Lipinski definition) is 8. The molecule has 0 aromatic heterocycles. The molecule has 9 heteroatoms. The summed E-state index contributed by atoms with van der Waals surface area (Å²) >= 11 is 0. The van der Waals surface area contributed by atoms with E-state index in [0.717, 1.165) is 19.6 Å². The van der Waals surface area contributed by atoms with E-state index in [2.05, 4.69) is 9.47 Å². The smallest absolute Gasteiger partial charge is 0.338 e. The maximum atomic E-state index is 11.4. The molecular formula is C18H32O9. The fourth-order valence-corrected chi connectivity index (χ4v) is 1.14. The average Bonchev–Trinajstić information content (AvgIpc) is 3.55. The Labute approximate surface area is 159 Å². The minimum atomic E-state index is -0.423. The lowest BCUT2D eigenvalue weighted by Gasteiger charge is -2.03. The predicted molar refractivity (Wildman–Crippen MR) is 99.7 cm³/mol. The first-order chi connectivity index (χ1) is 12.5. The molecule has 0 atom stereocenters. The van der Waals surface area contributed by atoms with Crippen molar-refractivity contribution in [2.45, 2.75) is 20.3 Å². The van der Waals surface area contributed by atoms with E-state index >= 15 is 0 Å². The Morgan fingerprint density at radius 2 is 1.33 bits per heavy atom. The average molecular weight is 392 g/mol. The molecule has 158 valence electrons. The van der Waals surface area contributed by atoms with Crippen molar-refractivity contribution in [1.82, 2.24) is 0 Å². The summed E-state index contributed by atoms with van der Waals surface area (Å²) in [6, 6.07) is 6.16. The number of carbonyl (C=O) groups excluding carboxylic acids is 2. The standard InChI is InChI=1S/C12H14O4.C2H6O2.C2H4O.C2H6O.H2O/c1-3-8-16-12(14)10-6-4-9(5-7-10)11(13)15-2;3-1-2-4;1-2-3-1;1-2-3;/h4-7H,3,8H2,1-2H3;3-4H,1-2H2;1-2H2;3H,2H2,1H3;1H2. The third kappa shape index (κ3) is 20.1. The molecule has 1 aromatic rings. The van der Waals surface area contributed by atoms with E-state index in [9.17, 15) is 9.59 Å². The molecule has 1 fully saturated rings. The van der Waals surface area contributed by atoms with Gasteiger partial charge >= 0.3 is 11.9 Å². The van der Waals surface area contributed by atoms with Gasteiger partial charge in [-0.3, -0.25) is 0 Å². The van der Waals surface area contributed by atoms with Gasteiger partial charge in [0, 0.05) is 6.61 Å². The Kier molecular flexibility index (Phi) is 24.2. The molecule has 5 N–H and O–H groups in total. The topological polar surface area (TPSA) is 157 Å². The molecule has 0 unspecified atom stereocenters. The van der Waals surface area contributed by atoms with Gasteiger partial charge in [0.1, 0.15) is 0 Å². The number of ether oxygens (including phenoxy) is 3. The van der Waals surface area contributed by atoms with Crippen LogP contribution < -0.4 is 0 Å². The molecule has 0 amide bonds. The van der Waals surface area contributed by atoms with Crippen LogP contribution in [0.3, 0.4) is 0 Å². The Balaban J connectivity index is -0.000000430. The van der Waals surface area contributed by atoms with Crippen LogP contribution in [-0.4, -0.2) is 79.5 Å². The van der Waals surface area contributed by atoms with E-state index < -0.39 is 5.97 Å². The summed E-state index contributed by atoms with van der Waals surface area (Å²) in [7, 11) is 1.31. The third-order valence-corrected chi connectivity index (χ3v) is 2.28. The first kappa shape index (κ1) is 29.7. The quantitative estimate of drug-likeness (QED) is 0.474. The number of esters is 2. The van der Waals surface area contributed by atoms with E-state index in [1.54, 1.807) is 19.1 Å². The molecule has 0 radical (unpaired) electrons. The van der Waals surface area contributed by atoms with Gasteiger partial charge in [-0.1, -0.05) is 6.92 Å². The maximum absolute atomic E-state index is 11.4. The first-order valence-electron chi connectivity index (χ1n) is 8.28. The van der Waals surface area contributed by atoms with Gasteiger partial charge in [-0.2, -0.15) is 0 Å². The monoisotopic (exact) mass is 392 g/mol. The molecule has 2 rings (SSSR count). The van der Waals surface area contributed by atoms with Gasteiger partial charge < -0.3 is 35.0 Å². The molecule has 0 saturated carbocycles. The Morgan fingerprint density at radius 3 is 1.59 bits per heavy atom. The Hall–Kier alpha value is -2.04. The fraction of sp³-hybridized carbons (Fsp3) is 0.556. The van der Waals surface area contributed by atoms with Gasteiger partial charge in [0.2, 0.25) is 0 Å². The van der Waals surface area contributed by atoms with Crippen molar-refractivity contribution in [1.29, 1.82) is 0 Å². The summed E-state index contributed by atoms with van der Waals surface area (Å²) < 4.78 is 14.0. The number of hydrogen-bond donors (Lipinski definition) is 3. The van der Waals surface area contributed by atoms with Crippen molar-refractivity contribution in [2.75, 3.05) is 46.8 Å². The molecule has 1 saturated heterocycles. The number of aliphatic hydroxyl groups is 3. The lowest BCUT2D eigenvalue weighted by Crippen LogP contribution is -2.07.